The van der Waals surface area contributed by atoms with Crippen molar-refractivity contribution >= 4 is 18.1 Å². The molecule has 94 valence electrons. The molecule has 0 spiro atoms. The molecule has 0 bridgehead atoms. The molecule has 1 aliphatic rings. The van der Waals surface area contributed by atoms with Crippen molar-refractivity contribution in [3.05, 3.63) is 11.6 Å². The number of primary amides is 1. The van der Waals surface area contributed by atoms with Crippen molar-refractivity contribution in [3.63, 3.8) is 0 Å². The number of carbonyl (C=O) groups is 2. The van der Waals surface area contributed by atoms with Crippen molar-refractivity contribution in [3.8, 4) is 0 Å². The smallest absolute Gasteiger partial charge is 0.320 e. The van der Waals surface area contributed by atoms with Gasteiger partial charge in [-0.1, -0.05) is 0 Å². The molecule has 1 amide bonds. The van der Waals surface area contributed by atoms with E-state index in [-0.39, 0.29) is 0 Å². The van der Waals surface area contributed by atoms with Crippen LogP contribution in [-0.2, 0) is 9.59 Å². The lowest BCUT2D eigenvalue weighted by Crippen LogP contribution is -2.32. The Hall–Kier alpha value is -1.89. The largest absolute Gasteiger partial charge is 0.480 e. The average Bonchev–Trinajstić information content (AvgIpc) is 2.29. The van der Waals surface area contributed by atoms with Gasteiger partial charge in [0.05, 0.1) is 18.3 Å². The molecule has 0 fully saturated rings. The van der Waals surface area contributed by atoms with E-state index in [4.69, 9.17) is 16.6 Å². The van der Waals surface area contributed by atoms with Crippen LogP contribution in [0.4, 0.5) is 0 Å². The van der Waals surface area contributed by atoms with Gasteiger partial charge in [0.25, 0.3) is 0 Å². The van der Waals surface area contributed by atoms with Crippen molar-refractivity contribution in [2.75, 3.05) is 13.1 Å². The molecular formula is C10H16N4O3. The lowest BCUT2D eigenvalue weighted by atomic mass is 10.1. The number of carboxylic acid groups (broad SMARTS) is 1. The van der Waals surface area contributed by atoms with Crippen LogP contribution in [-0.4, -0.2) is 47.3 Å². The Morgan fingerprint density at radius 3 is 2.76 bits per heavy atom. The second kappa shape index (κ2) is 6.00. The zero-order chi connectivity index (χ0) is 12.8. The topological polar surface area (TPSA) is 122 Å². The Bertz CT molecular complexity index is 365. The highest BCUT2D eigenvalue weighted by atomic mass is 16.4. The third-order valence-electron chi connectivity index (χ3n) is 2.42. The van der Waals surface area contributed by atoms with Crippen molar-refractivity contribution in [2.45, 2.75) is 18.9 Å². The van der Waals surface area contributed by atoms with E-state index in [0.717, 1.165) is 0 Å². The summed E-state index contributed by atoms with van der Waals surface area (Å²) in [5, 5.41) is 14.3. The highest BCUT2D eigenvalue weighted by molar-refractivity contribution is 6.11. The number of rotatable bonds is 6. The molecular weight excluding hydrogens is 224 g/mol. The molecule has 17 heavy (non-hydrogen) atoms. The van der Waals surface area contributed by atoms with Gasteiger partial charge >= 0.3 is 5.97 Å². The number of aliphatic carboxylic acids is 1. The van der Waals surface area contributed by atoms with E-state index in [2.05, 4.69) is 5.10 Å². The van der Waals surface area contributed by atoms with E-state index in [1.54, 1.807) is 11.1 Å². The summed E-state index contributed by atoms with van der Waals surface area (Å²) < 4.78 is 0. The molecule has 1 rings (SSSR count). The van der Waals surface area contributed by atoms with Gasteiger partial charge < -0.3 is 16.6 Å². The summed E-state index contributed by atoms with van der Waals surface area (Å²) in [7, 11) is 0. The number of nitrogens with two attached hydrogens (primary N) is 2. The lowest BCUT2D eigenvalue weighted by Gasteiger charge is -2.20. The predicted molar refractivity (Wildman–Crippen MR) is 62.2 cm³/mol. The van der Waals surface area contributed by atoms with Crippen LogP contribution in [0.15, 0.2) is 16.8 Å². The van der Waals surface area contributed by atoms with Gasteiger partial charge in [-0.15, -0.1) is 0 Å². The molecule has 5 N–H and O–H groups in total. The van der Waals surface area contributed by atoms with Crippen molar-refractivity contribution < 1.29 is 14.7 Å². The van der Waals surface area contributed by atoms with Gasteiger partial charge in [-0.05, 0) is 18.9 Å². The van der Waals surface area contributed by atoms with E-state index in [1.165, 1.54) is 6.21 Å². The van der Waals surface area contributed by atoms with Gasteiger partial charge in [-0.3, -0.25) is 14.6 Å². The molecule has 0 aromatic heterocycles. The Morgan fingerprint density at radius 2 is 2.29 bits per heavy atom. The molecule has 0 unspecified atom stereocenters. The van der Waals surface area contributed by atoms with Gasteiger partial charge in [0.2, 0.25) is 5.91 Å². The molecule has 7 heteroatoms. The molecule has 7 nitrogen and oxygen atoms in total. The number of carboxylic acids is 1. The highest BCUT2D eigenvalue weighted by Gasteiger charge is 2.13. The van der Waals surface area contributed by atoms with Gasteiger partial charge in [-0.25, -0.2) is 0 Å². The number of hydrazone groups is 1. The van der Waals surface area contributed by atoms with E-state index >= 15 is 0 Å². The SMILES string of the molecule is NC(=O)C1=CCN(CCC[C@H](N)C(=O)O)N=C1. The quantitative estimate of drug-likeness (QED) is 0.543. The fourth-order valence-electron chi connectivity index (χ4n) is 1.38. The maximum Gasteiger partial charge on any atom is 0.320 e. The van der Waals surface area contributed by atoms with Crippen LogP contribution in [0.3, 0.4) is 0 Å². The predicted octanol–water partition coefficient (Wildman–Crippen LogP) is -1.11. The minimum Gasteiger partial charge on any atom is -0.480 e. The zero-order valence-corrected chi connectivity index (χ0v) is 9.37. The number of hydrogen-bond donors (Lipinski definition) is 3. The standard InChI is InChI=1S/C10H16N4O3/c11-8(10(16)17)2-1-4-14-5-3-7(6-13-14)9(12)15/h3,6,8H,1-2,4-5,11H2,(H2,12,15)(H,16,17)/t8-/m0/s1. The Morgan fingerprint density at radius 1 is 1.59 bits per heavy atom. The molecule has 1 heterocycles. The normalized spacial score (nSPS) is 16.5. The van der Waals surface area contributed by atoms with Crippen LogP contribution in [0.2, 0.25) is 0 Å². The Labute approximate surface area is 98.8 Å². The maximum atomic E-state index is 10.8. The highest BCUT2D eigenvalue weighted by Crippen LogP contribution is 2.05. The van der Waals surface area contributed by atoms with Crippen LogP contribution in [0, 0.1) is 0 Å². The summed E-state index contributed by atoms with van der Waals surface area (Å²) in [6.07, 6.45) is 4.12. The number of nitrogens with zero attached hydrogens (tertiary/aromatic N) is 2. The number of carbonyl (C=O) groups excluding carboxylic acids is 1. The van der Waals surface area contributed by atoms with Crippen LogP contribution in [0.25, 0.3) is 0 Å². The summed E-state index contributed by atoms with van der Waals surface area (Å²) in [4.78, 5) is 21.3. The Balaban J connectivity index is 2.26. The monoisotopic (exact) mass is 240 g/mol. The molecule has 1 aliphatic heterocycles. The number of hydrogen-bond acceptors (Lipinski definition) is 5. The van der Waals surface area contributed by atoms with E-state index < -0.39 is 17.9 Å². The van der Waals surface area contributed by atoms with E-state index in [9.17, 15) is 9.59 Å². The van der Waals surface area contributed by atoms with Crippen molar-refractivity contribution in [1.29, 1.82) is 0 Å². The van der Waals surface area contributed by atoms with Gasteiger partial charge in [0, 0.05) is 6.54 Å². The first kappa shape index (κ1) is 13.2. The third-order valence-corrected chi connectivity index (χ3v) is 2.42. The van der Waals surface area contributed by atoms with Crippen LogP contribution < -0.4 is 11.5 Å². The first-order valence-corrected chi connectivity index (χ1v) is 5.28. The fourth-order valence-corrected chi connectivity index (χ4v) is 1.38. The van der Waals surface area contributed by atoms with Crippen molar-refractivity contribution in [2.24, 2.45) is 16.6 Å². The minimum atomic E-state index is -0.997. The lowest BCUT2D eigenvalue weighted by molar-refractivity contribution is -0.138. The Kier molecular flexibility index (Phi) is 4.65. The maximum absolute atomic E-state index is 10.8. The molecule has 0 aromatic carbocycles. The average molecular weight is 240 g/mol. The summed E-state index contributed by atoms with van der Waals surface area (Å²) in [5.41, 5.74) is 10.8. The first-order valence-electron chi connectivity index (χ1n) is 5.28. The second-order valence-corrected chi connectivity index (χ2v) is 3.77. The summed E-state index contributed by atoms with van der Waals surface area (Å²) >= 11 is 0. The molecule has 0 aliphatic carbocycles. The molecule has 0 saturated heterocycles. The van der Waals surface area contributed by atoms with Gasteiger partial charge in [0.15, 0.2) is 0 Å². The summed E-state index contributed by atoms with van der Waals surface area (Å²) in [5.74, 6) is -1.50. The summed E-state index contributed by atoms with van der Waals surface area (Å²) in [6.45, 7) is 1.09. The molecule has 0 aromatic rings. The van der Waals surface area contributed by atoms with Crippen LogP contribution in [0.5, 0.6) is 0 Å². The summed E-state index contributed by atoms with van der Waals surface area (Å²) in [6, 6.07) is -0.833. The van der Waals surface area contributed by atoms with E-state index in [0.29, 0.717) is 31.5 Å². The first-order chi connectivity index (χ1) is 8.00. The zero-order valence-electron chi connectivity index (χ0n) is 9.37. The second-order valence-electron chi connectivity index (χ2n) is 3.77. The molecule has 1 atom stereocenters. The molecule has 0 radical (unpaired) electrons. The van der Waals surface area contributed by atoms with Crippen LogP contribution >= 0.6 is 0 Å². The van der Waals surface area contributed by atoms with Crippen molar-refractivity contribution in [1.82, 2.24) is 5.01 Å². The molecule has 0 saturated carbocycles. The minimum absolute atomic E-state index is 0.392. The number of amides is 1. The third kappa shape index (κ3) is 4.23. The van der Waals surface area contributed by atoms with Gasteiger partial charge in [-0.2, -0.15) is 5.10 Å². The van der Waals surface area contributed by atoms with Gasteiger partial charge in [0.1, 0.15) is 6.04 Å². The van der Waals surface area contributed by atoms with E-state index in [1.807, 2.05) is 0 Å². The van der Waals surface area contributed by atoms with Crippen LogP contribution in [0.1, 0.15) is 12.8 Å². The fraction of sp³-hybridized carbons (Fsp3) is 0.500.